The van der Waals surface area contributed by atoms with Crippen molar-refractivity contribution in [2.45, 2.75) is 38.6 Å². The van der Waals surface area contributed by atoms with Crippen molar-refractivity contribution in [3.63, 3.8) is 0 Å². The van der Waals surface area contributed by atoms with Crippen LogP contribution in [0.15, 0.2) is 17.5 Å². The molecule has 0 spiro atoms. The van der Waals surface area contributed by atoms with Gasteiger partial charge < -0.3 is 5.73 Å². The van der Waals surface area contributed by atoms with Gasteiger partial charge in [-0.15, -0.1) is 11.3 Å². The molecule has 72 valence electrons. The lowest BCUT2D eigenvalue weighted by atomic mass is 9.75. The molecule has 1 aliphatic rings. The number of nitrogens with two attached hydrogens (primary N) is 1. The summed E-state index contributed by atoms with van der Waals surface area (Å²) < 4.78 is 0. The first kappa shape index (κ1) is 9.22. The molecule has 0 aromatic carbocycles. The second-order valence-corrected chi connectivity index (χ2v) is 5.63. The molecular formula is C11H17NS. The van der Waals surface area contributed by atoms with E-state index in [4.69, 9.17) is 5.73 Å². The third-order valence-electron chi connectivity index (χ3n) is 3.54. The normalized spacial score (nSPS) is 32.2. The fraction of sp³-hybridized carbons (Fsp3) is 0.636. The Balaban J connectivity index is 2.40. The third kappa shape index (κ3) is 1.24. The summed E-state index contributed by atoms with van der Waals surface area (Å²) in [6.45, 7) is 4.58. The summed E-state index contributed by atoms with van der Waals surface area (Å²) in [5, 5.41) is 2.12. The molecule has 0 aliphatic heterocycles. The molecule has 2 heteroatoms. The predicted molar refractivity (Wildman–Crippen MR) is 57.8 cm³/mol. The molecule has 2 N–H and O–H groups in total. The van der Waals surface area contributed by atoms with Gasteiger partial charge in [-0.1, -0.05) is 26.3 Å². The number of rotatable bonds is 1. The fourth-order valence-corrected chi connectivity index (χ4v) is 3.41. The van der Waals surface area contributed by atoms with Crippen LogP contribution in [0.4, 0.5) is 0 Å². The Hall–Kier alpha value is -0.340. The topological polar surface area (TPSA) is 26.0 Å². The average molecular weight is 195 g/mol. The van der Waals surface area contributed by atoms with Gasteiger partial charge in [0.05, 0.1) is 5.54 Å². The molecular weight excluding hydrogens is 178 g/mol. The van der Waals surface area contributed by atoms with Crippen molar-refractivity contribution in [1.82, 2.24) is 0 Å². The highest BCUT2D eigenvalue weighted by Crippen LogP contribution is 2.51. The van der Waals surface area contributed by atoms with E-state index in [0.717, 1.165) is 6.42 Å². The highest BCUT2D eigenvalue weighted by atomic mass is 32.1. The highest BCUT2D eigenvalue weighted by Gasteiger charge is 2.47. The Morgan fingerprint density at radius 1 is 1.38 bits per heavy atom. The van der Waals surface area contributed by atoms with Gasteiger partial charge in [0.25, 0.3) is 0 Å². The van der Waals surface area contributed by atoms with Gasteiger partial charge in [-0.2, -0.15) is 0 Å². The minimum atomic E-state index is -0.0683. The molecule has 1 aromatic heterocycles. The van der Waals surface area contributed by atoms with E-state index in [1.54, 1.807) is 11.3 Å². The summed E-state index contributed by atoms with van der Waals surface area (Å²) in [5.74, 6) is 0. The van der Waals surface area contributed by atoms with Gasteiger partial charge in [0, 0.05) is 4.88 Å². The quantitative estimate of drug-likeness (QED) is 0.732. The molecule has 0 bridgehead atoms. The minimum Gasteiger partial charge on any atom is -0.320 e. The van der Waals surface area contributed by atoms with Gasteiger partial charge >= 0.3 is 0 Å². The monoisotopic (exact) mass is 195 g/mol. The van der Waals surface area contributed by atoms with E-state index in [1.807, 2.05) is 0 Å². The SMILES string of the molecule is CC1(C)CCCC1(N)c1cccs1. The first-order valence-electron chi connectivity index (χ1n) is 4.89. The van der Waals surface area contributed by atoms with Crippen LogP contribution in [0.2, 0.25) is 0 Å². The minimum absolute atomic E-state index is 0.0683. The van der Waals surface area contributed by atoms with Crippen LogP contribution < -0.4 is 5.73 Å². The van der Waals surface area contributed by atoms with E-state index in [0.29, 0.717) is 0 Å². The highest BCUT2D eigenvalue weighted by molar-refractivity contribution is 7.10. The molecule has 1 nitrogen and oxygen atoms in total. The lowest BCUT2D eigenvalue weighted by Gasteiger charge is -2.37. The molecule has 1 aliphatic carbocycles. The van der Waals surface area contributed by atoms with Crippen molar-refractivity contribution in [3.05, 3.63) is 22.4 Å². The van der Waals surface area contributed by atoms with Crippen LogP contribution in [0.3, 0.4) is 0 Å². The third-order valence-corrected chi connectivity index (χ3v) is 4.59. The van der Waals surface area contributed by atoms with Gasteiger partial charge in [0.15, 0.2) is 0 Å². The molecule has 1 atom stereocenters. The van der Waals surface area contributed by atoms with Gasteiger partial charge in [-0.3, -0.25) is 0 Å². The van der Waals surface area contributed by atoms with Crippen LogP contribution in [0, 0.1) is 5.41 Å². The Labute approximate surface area is 84.0 Å². The summed E-state index contributed by atoms with van der Waals surface area (Å²) in [6.07, 6.45) is 3.66. The summed E-state index contributed by atoms with van der Waals surface area (Å²) >= 11 is 1.80. The van der Waals surface area contributed by atoms with Crippen LogP contribution in [0.5, 0.6) is 0 Å². The number of hydrogen-bond donors (Lipinski definition) is 1. The summed E-state index contributed by atoms with van der Waals surface area (Å²) in [4.78, 5) is 1.36. The zero-order valence-electron chi connectivity index (χ0n) is 8.34. The summed E-state index contributed by atoms with van der Waals surface area (Å²) in [5.41, 5.74) is 6.71. The van der Waals surface area contributed by atoms with Gasteiger partial charge in [0.2, 0.25) is 0 Å². The van der Waals surface area contributed by atoms with Crippen LogP contribution in [0.1, 0.15) is 38.0 Å². The van der Waals surface area contributed by atoms with Crippen LogP contribution in [0.25, 0.3) is 0 Å². The Morgan fingerprint density at radius 3 is 2.62 bits per heavy atom. The molecule has 1 heterocycles. The Kier molecular flexibility index (Phi) is 2.00. The van der Waals surface area contributed by atoms with Crippen LogP contribution in [-0.2, 0) is 5.54 Å². The number of hydrogen-bond acceptors (Lipinski definition) is 2. The molecule has 0 amide bonds. The lowest BCUT2D eigenvalue weighted by Crippen LogP contribution is -2.45. The molecule has 1 saturated carbocycles. The van der Waals surface area contributed by atoms with Gasteiger partial charge in [0.1, 0.15) is 0 Å². The molecule has 0 saturated heterocycles. The van der Waals surface area contributed by atoms with E-state index in [1.165, 1.54) is 17.7 Å². The first-order valence-corrected chi connectivity index (χ1v) is 5.77. The standard InChI is InChI=1S/C11H17NS/c1-10(2)6-4-7-11(10,12)9-5-3-8-13-9/h3,5,8H,4,6-7,12H2,1-2H3. The van der Waals surface area contributed by atoms with Crippen molar-refractivity contribution in [1.29, 1.82) is 0 Å². The second kappa shape index (κ2) is 2.82. The van der Waals surface area contributed by atoms with Crippen molar-refractivity contribution in [3.8, 4) is 0 Å². The predicted octanol–water partition coefficient (Wildman–Crippen LogP) is 3.11. The zero-order valence-corrected chi connectivity index (χ0v) is 9.16. The lowest BCUT2D eigenvalue weighted by molar-refractivity contribution is 0.214. The van der Waals surface area contributed by atoms with Crippen molar-refractivity contribution in [2.24, 2.45) is 11.1 Å². The maximum Gasteiger partial charge on any atom is 0.0555 e. The Bertz CT molecular complexity index is 289. The summed E-state index contributed by atoms with van der Waals surface area (Å²) in [6, 6.07) is 4.28. The first-order chi connectivity index (χ1) is 6.06. The number of thiophene rings is 1. The van der Waals surface area contributed by atoms with E-state index >= 15 is 0 Å². The molecule has 0 radical (unpaired) electrons. The smallest absolute Gasteiger partial charge is 0.0555 e. The van der Waals surface area contributed by atoms with Gasteiger partial charge in [-0.05, 0) is 29.7 Å². The average Bonchev–Trinajstić information content (AvgIpc) is 2.61. The van der Waals surface area contributed by atoms with Crippen LogP contribution >= 0.6 is 11.3 Å². The largest absolute Gasteiger partial charge is 0.320 e. The molecule has 2 rings (SSSR count). The van der Waals surface area contributed by atoms with E-state index < -0.39 is 0 Å². The Morgan fingerprint density at radius 2 is 2.15 bits per heavy atom. The van der Waals surface area contributed by atoms with Crippen LogP contribution in [-0.4, -0.2) is 0 Å². The fourth-order valence-electron chi connectivity index (χ4n) is 2.36. The second-order valence-electron chi connectivity index (χ2n) is 4.69. The molecule has 13 heavy (non-hydrogen) atoms. The van der Waals surface area contributed by atoms with E-state index in [-0.39, 0.29) is 11.0 Å². The molecule has 1 unspecified atom stereocenters. The van der Waals surface area contributed by atoms with Crippen molar-refractivity contribution in [2.75, 3.05) is 0 Å². The zero-order chi connectivity index (χ0) is 9.53. The summed E-state index contributed by atoms with van der Waals surface area (Å²) in [7, 11) is 0. The van der Waals surface area contributed by atoms with Gasteiger partial charge in [-0.25, -0.2) is 0 Å². The molecule has 1 aromatic rings. The van der Waals surface area contributed by atoms with E-state index in [9.17, 15) is 0 Å². The maximum absolute atomic E-state index is 6.51. The van der Waals surface area contributed by atoms with Crippen molar-refractivity contribution >= 4 is 11.3 Å². The van der Waals surface area contributed by atoms with E-state index in [2.05, 4.69) is 31.4 Å². The maximum atomic E-state index is 6.51. The van der Waals surface area contributed by atoms with Crippen molar-refractivity contribution < 1.29 is 0 Å². The molecule has 1 fully saturated rings.